The topological polar surface area (TPSA) is 38.8 Å². The average Bonchev–Trinajstić information content (AvgIpc) is 2.62. The molecule has 1 unspecified atom stereocenters. The van der Waals surface area contributed by atoms with Gasteiger partial charge in [-0.05, 0) is 29.8 Å². The van der Waals surface area contributed by atoms with E-state index in [0.29, 0.717) is 25.3 Å². The summed E-state index contributed by atoms with van der Waals surface area (Å²) in [6.07, 6.45) is 0. The van der Waals surface area contributed by atoms with E-state index in [4.69, 9.17) is 9.47 Å². The molecular weight excluding hydrogens is 278 g/mol. The fraction of sp³-hybridized carbons (Fsp3) is 0.278. The SMILES string of the molecule is COc1ccc(C(=O)N2CCOCC2c2ccccc2)cc1. The van der Waals surface area contributed by atoms with E-state index in [-0.39, 0.29) is 11.9 Å². The number of nitrogens with zero attached hydrogens (tertiary/aromatic N) is 1. The van der Waals surface area contributed by atoms with E-state index >= 15 is 0 Å². The fourth-order valence-electron chi connectivity index (χ4n) is 2.70. The molecule has 1 heterocycles. The Labute approximate surface area is 130 Å². The Morgan fingerprint density at radius 3 is 2.55 bits per heavy atom. The first-order valence-electron chi connectivity index (χ1n) is 7.37. The molecule has 0 bridgehead atoms. The lowest BCUT2D eigenvalue weighted by Gasteiger charge is -2.36. The molecule has 4 nitrogen and oxygen atoms in total. The molecular formula is C18H19NO3. The second-order valence-corrected chi connectivity index (χ2v) is 5.23. The number of hydrogen-bond donors (Lipinski definition) is 0. The van der Waals surface area contributed by atoms with Crippen LogP contribution >= 0.6 is 0 Å². The molecule has 114 valence electrons. The second kappa shape index (κ2) is 6.62. The first kappa shape index (κ1) is 14.6. The zero-order valence-electron chi connectivity index (χ0n) is 12.6. The van der Waals surface area contributed by atoms with Crippen LogP contribution in [0.25, 0.3) is 0 Å². The van der Waals surface area contributed by atoms with Gasteiger partial charge in [-0.2, -0.15) is 0 Å². The number of morpholine rings is 1. The summed E-state index contributed by atoms with van der Waals surface area (Å²) in [6, 6.07) is 17.2. The lowest BCUT2D eigenvalue weighted by atomic mass is 10.0. The molecule has 4 heteroatoms. The van der Waals surface area contributed by atoms with E-state index < -0.39 is 0 Å². The molecule has 1 aliphatic heterocycles. The molecule has 0 N–H and O–H groups in total. The van der Waals surface area contributed by atoms with E-state index in [1.807, 2.05) is 47.4 Å². The predicted molar refractivity (Wildman–Crippen MR) is 84.0 cm³/mol. The van der Waals surface area contributed by atoms with Gasteiger partial charge in [-0.25, -0.2) is 0 Å². The van der Waals surface area contributed by atoms with Crippen LogP contribution in [0.4, 0.5) is 0 Å². The van der Waals surface area contributed by atoms with Crippen LogP contribution in [0.2, 0.25) is 0 Å². The third-order valence-corrected chi connectivity index (χ3v) is 3.91. The van der Waals surface area contributed by atoms with Crippen molar-refractivity contribution >= 4 is 5.91 Å². The first-order chi connectivity index (χ1) is 10.8. The van der Waals surface area contributed by atoms with Crippen molar-refractivity contribution in [3.8, 4) is 5.75 Å². The van der Waals surface area contributed by atoms with Gasteiger partial charge in [-0.15, -0.1) is 0 Å². The van der Waals surface area contributed by atoms with Crippen molar-refractivity contribution in [3.63, 3.8) is 0 Å². The molecule has 0 aromatic heterocycles. The lowest BCUT2D eigenvalue weighted by Crippen LogP contribution is -2.43. The third-order valence-electron chi connectivity index (χ3n) is 3.91. The highest BCUT2D eigenvalue weighted by Gasteiger charge is 2.29. The van der Waals surface area contributed by atoms with Gasteiger partial charge in [-0.1, -0.05) is 30.3 Å². The summed E-state index contributed by atoms with van der Waals surface area (Å²) < 4.78 is 10.7. The van der Waals surface area contributed by atoms with Crippen molar-refractivity contribution in [1.82, 2.24) is 4.90 Å². The average molecular weight is 297 g/mol. The number of carbonyl (C=O) groups is 1. The lowest BCUT2D eigenvalue weighted by molar-refractivity contribution is -0.00269. The van der Waals surface area contributed by atoms with Crippen molar-refractivity contribution in [1.29, 1.82) is 0 Å². The van der Waals surface area contributed by atoms with E-state index in [9.17, 15) is 4.79 Å². The molecule has 2 aromatic rings. The van der Waals surface area contributed by atoms with Gasteiger partial charge in [0.25, 0.3) is 5.91 Å². The van der Waals surface area contributed by atoms with Crippen molar-refractivity contribution in [2.45, 2.75) is 6.04 Å². The normalized spacial score (nSPS) is 18.0. The van der Waals surface area contributed by atoms with Crippen LogP contribution < -0.4 is 4.74 Å². The number of amides is 1. The fourth-order valence-corrected chi connectivity index (χ4v) is 2.70. The number of carbonyl (C=O) groups excluding carboxylic acids is 1. The van der Waals surface area contributed by atoms with E-state index in [0.717, 1.165) is 11.3 Å². The summed E-state index contributed by atoms with van der Waals surface area (Å²) in [4.78, 5) is 14.7. The van der Waals surface area contributed by atoms with Gasteiger partial charge >= 0.3 is 0 Å². The Morgan fingerprint density at radius 2 is 1.86 bits per heavy atom. The van der Waals surface area contributed by atoms with Gasteiger partial charge in [0.1, 0.15) is 5.75 Å². The standard InChI is InChI=1S/C18H19NO3/c1-21-16-9-7-15(8-10-16)18(20)19-11-12-22-13-17(19)14-5-3-2-4-6-14/h2-10,17H,11-13H2,1H3. The Kier molecular flexibility index (Phi) is 4.39. The van der Waals surface area contributed by atoms with Crippen LogP contribution in [0, 0.1) is 0 Å². The van der Waals surface area contributed by atoms with Crippen LogP contribution in [0.5, 0.6) is 5.75 Å². The summed E-state index contributed by atoms with van der Waals surface area (Å²) >= 11 is 0. The van der Waals surface area contributed by atoms with Gasteiger partial charge in [0.2, 0.25) is 0 Å². The maximum absolute atomic E-state index is 12.8. The zero-order chi connectivity index (χ0) is 15.4. The molecule has 3 rings (SSSR count). The van der Waals surface area contributed by atoms with E-state index in [2.05, 4.69) is 0 Å². The highest BCUT2D eigenvalue weighted by Crippen LogP contribution is 2.26. The quantitative estimate of drug-likeness (QED) is 0.874. The minimum atomic E-state index is -0.0375. The number of methoxy groups -OCH3 is 1. The van der Waals surface area contributed by atoms with Gasteiger partial charge in [-0.3, -0.25) is 4.79 Å². The highest BCUT2D eigenvalue weighted by atomic mass is 16.5. The Balaban J connectivity index is 1.85. The summed E-state index contributed by atoms with van der Waals surface area (Å²) in [5.41, 5.74) is 1.77. The molecule has 1 fully saturated rings. The Morgan fingerprint density at radius 1 is 1.14 bits per heavy atom. The van der Waals surface area contributed by atoms with Crippen molar-refractivity contribution in [3.05, 3.63) is 65.7 Å². The molecule has 0 aliphatic carbocycles. The molecule has 2 aromatic carbocycles. The third kappa shape index (κ3) is 2.97. The van der Waals surface area contributed by atoms with Gasteiger partial charge in [0, 0.05) is 12.1 Å². The number of benzene rings is 2. The Bertz CT molecular complexity index is 625. The largest absolute Gasteiger partial charge is 0.497 e. The molecule has 1 saturated heterocycles. The van der Waals surface area contributed by atoms with E-state index in [1.165, 1.54) is 0 Å². The van der Waals surface area contributed by atoms with Crippen LogP contribution in [-0.2, 0) is 4.74 Å². The second-order valence-electron chi connectivity index (χ2n) is 5.23. The van der Waals surface area contributed by atoms with Crippen LogP contribution in [0.1, 0.15) is 22.0 Å². The summed E-state index contributed by atoms with van der Waals surface area (Å²) in [6.45, 7) is 1.71. The Hall–Kier alpha value is -2.33. The minimum absolute atomic E-state index is 0.0276. The number of ether oxygens (including phenoxy) is 2. The maximum Gasteiger partial charge on any atom is 0.254 e. The van der Waals surface area contributed by atoms with Crippen molar-refractivity contribution in [2.24, 2.45) is 0 Å². The van der Waals surface area contributed by atoms with Crippen molar-refractivity contribution < 1.29 is 14.3 Å². The number of rotatable bonds is 3. The maximum atomic E-state index is 12.8. The first-order valence-corrected chi connectivity index (χ1v) is 7.37. The smallest absolute Gasteiger partial charge is 0.254 e. The molecule has 0 spiro atoms. The van der Waals surface area contributed by atoms with Crippen LogP contribution in [0.15, 0.2) is 54.6 Å². The van der Waals surface area contributed by atoms with Gasteiger partial charge < -0.3 is 14.4 Å². The molecule has 1 atom stereocenters. The van der Waals surface area contributed by atoms with Crippen LogP contribution in [-0.4, -0.2) is 37.7 Å². The number of hydrogen-bond acceptors (Lipinski definition) is 3. The molecule has 1 amide bonds. The highest BCUT2D eigenvalue weighted by molar-refractivity contribution is 5.94. The van der Waals surface area contributed by atoms with Crippen LogP contribution in [0.3, 0.4) is 0 Å². The van der Waals surface area contributed by atoms with Crippen molar-refractivity contribution in [2.75, 3.05) is 26.9 Å². The summed E-state index contributed by atoms with van der Waals surface area (Å²) in [7, 11) is 1.62. The molecule has 1 aliphatic rings. The molecule has 0 radical (unpaired) electrons. The summed E-state index contributed by atoms with van der Waals surface area (Å²) in [5.74, 6) is 0.776. The monoisotopic (exact) mass is 297 g/mol. The molecule has 22 heavy (non-hydrogen) atoms. The summed E-state index contributed by atoms with van der Waals surface area (Å²) in [5, 5.41) is 0. The van der Waals surface area contributed by atoms with Gasteiger partial charge in [0.15, 0.2) is 0 Å². The molecule has 0 saturated carbocycles. The van der Waals surface area contributed by atoms with Gasteiger partial charge in [0.05, 0.1) is 26.4 Å². The predicted octanol–water partition coefficient (Wildman–Crippen LogP) is 2.91. The zero-order valence-corrected chi connectivity index (χ0v) is 12.6. The minimum Gasteiger partial charge on any atom is -0.497 e. The van der Waals surface area contributed by atoms with E-state index in [1.54, 1.807) is 19.2 Å².